The van der Waals surface area contributed by atoms with Crippen LogP contribution in [-0.2, 0) is 7.05 Å². The number of carbonyl (C=O) groups is 1. The number of pyridine rings is 2. The summed E-state index contributed by atoms with van der Waals surface area (Å²) in [6, 6.07) is 11.8. The minimum atomic E-state index is -0.00488. The van der Waals surface area contributed by atoms with Gasteiger partial charge in [-0.1, -0.05) is 24.3 Å². The SMILES string of the molecule is Cn1c(C2CCN(C(=O)c3nccc4ccccc34)C2)nc2ccncc21. The Balaban J connectivity index is 1.44. The lowest BCUT2D eigenvalue weighted by molar-refractivity contribution is 0.0787. The maximum atomic E-state index is 13.1. The average molecular weight is 357 g/mol. The molecule has 1 atom stereocenters. The third kappa shape index (κ3) is 2.56. The zero-order chi connectivity index (χ0) is 18.4. The van der Waals surface area contributed by atoms with Crippen LogP contribution in [0.1, 0.15) is 28.7 Å². The van der Waals surface area contributed by atoms with Gasteiger partial charge in [-0.2, -0.15) is 0 Å². The van der Waals surface area contributed by atoms with E-state index < -0.39 is 0 Å². The van der Waals surface area contributed by atoms with E-state index in [2.05, 4.69) is 14.5 Å². The molecule has 6 heteroatoms. The first kappa shape index (κ1) is 15.9. The molecule has 0 saturated carbocycles. The number of carbonyl (C=O) groups excluding carboxylic acids is 1. The van der Waals surface area contributed by atoms with E-state index in [0.29, 0.717) is 12.2 Å². The molecule has 1 saturated heterocycles. The summed E-state index contributed by atoms with van der Waals surface area (Å²) in [4.78, 5) is 28.4. The van der Waals surface area contributed by atoms with Crippen molar-refractivity contribution in [1.29, 1.82) is 0 Å². The molecular formula is C21H19N5O. The number of rotatable bonds is 2. The molecular weight excluding hydrogens is 338 g/mol. The summed E-state index contributed by atoms with van der Waals surface area (Å²) in [5.41, 5.74) is 2.50. The summed E-state index contributed by atoms with van der Waals surface area (Å²) in [5, 5.41) is 1.94. The number of aromatic nitrogens is 4. The minimum Gasteiger partial charge on any atom is -0.337 e. The van der Waals surface area contributed by atoms with Crippen LogP contribution in [0.25, 0.3) is 21.8 Å². The largest absolute Gasteiger partial charge is 0.337 e. The molecule has 1 aromatic carbocycles. The Kier molecular flexibility index (Phi) is 3.63. The van der Waals surface area contributed by atoms with Crippen LogP contribution in [-0.4, -0.2) is 43.4 Å². The monoisotopic (exact) mass is 357 g/mol. The maximum Gasteiger partial charge on any atom is 0.273 e. The maximum absolute atomic E-state index is 13.1. The van der Waals surface area contributed by atoms with E-state index in [1.807, 2.05) is 54.5 Å². The van der Waals surface area contributed by atoms with Gasteiger partial charge in [0.15, 0.2) is 0 Å². The second-order valence-corrected chi connectivity index (χ2v) is 7.01. The van der Waals surface area contributed by atoms with E-state index in [4.69, 9.17) is 4.98 Å². The molecule has 1 amide bonds. The van der Waals surface area contributed by atoms with Gasteiger partial charge in [-0.05, 0) is 23.9 Å². The summed E-state index contributed by atoms with van der Waals surface area (Å²) in [6.45, 7) is 1.38. The highest BCUT2D eigenvalue weighted by atomic mass is 16.2. The van der Waals surface area contributed by atoms with Crippen LogP contribution < -0.4 is 0 Å². The van der Waals surface area contributed by atoms with Gasteiger partial charge in [-0.3, -0.25) is 14.8 Å². The zero-order valence-electron chi connectivity index (χ0n) is 15.0. The molecule has 1 fully saturated rings. The standard InChI is InChI=1S/C21H19N5O/c1-25-18-12-22-9-7-17(18)24-20(25)15-8-11-26(13-15)21(27)19-16-5-3-2-4-14(16)6-10-23-19/h2-7,9-10,12,15H,8,11,13H2,1H3. The molecule has 0 N–H and O–H groups in total. The Labute approximate surface area is 156 Å². The molecule has 0 aliphatic carbocycles. The quantitative estimate of drug-likeness (QED) is 0.553. The predicted octanol–water partition coefficient (Wildman–Crippen LogP) is 3.15. The lowest BCUT2D eigenvalue weighted by Crippen LogP contribution is -2.29. The van der Waals surface area contributed by atoms with Crippen molar-refractivity contribution in [3.8, 4) is 0 Å². The second kappa shape index (κ2) is 6.16. The molecule has 6 nitrogen and oxygen atoms in total. The van der Waals surface area contributed by atoms with Crippen molar-refractivity contribution in [1.82, 2.24) is 24.4 Å². The predicted molar refractivity (Wildman–Crippen MR) is 104 cm³/mol. The fourth-order valence-corrected chi connectivity index (χ4v) is 4.01. The molecule has 0 bridgehead atoms. The molecule has 3 aromatic heterocycles. The van der Waals surface area contributed by atoms with Crippen LogP contribution in [0.4, 0.5) is 0 Å². The van der Waals surface area contributed by atoms with Gasteiger partial charge >= 0.3 is 0 Å². The van der Waals surface area contributed by atoms with Gasteiger partial charge < -0.3 is 9.47 Å². The minimum absolute atomic E-state index is 0.00488. The highest BCUT2D eigenvalue weighted by molar-refractivity contribution is 6.05. The Morgan fingerprint density at radius 3 is 2.93 bits per heavy atom. The normalized spacial score (nSPS) is 17.1. The van der Waals surface area contributed by atoms with Crippen LogP contribution in [0.3, 0.4) is 0 Å². The van der Waals surface area contributed by atoms with Crippen molar-refractivity contribution in [2.75, 3.05) is 13.1 Å². The van der Waals surface area contributed by atoms with Crippen molar-refractivity contribution in [2.45, 2.75) is 12.3 Å². The number of likely N-dealkylation sites (tertiary alicyclic amines) is 1. The van der Waals surface area contributed by atoms with E-state index in [1.54, 1.807) is 12.4 Å². The van der Waals surface area contributed by atoms with Crippen molar-refractivity contribution in [3.63, 3.8) is 0 Å². The van der Waals surface area contributed by atoms with Gasteiger partial charge in [-0.15, -0.1) is 0 Å². The third-order valence-corrected chi connectivity index (χ3v) is 5.43. The van der Waals surface area contributed by atoms with Crippen LogP contribution in [0.15, 0.2) is 55.0 Å². The van der Waals surface area contributed by atoms with E-state index in [-0.39, 0.29) is 11.8 Å². The zero-order valence-corrected chi connectivity index (χ0v) is 15.0. The van der Waals surface area contributed by atoms with E-state index in [9.17, 15) is 4.79 Å². The van der Waals surface area contributed by atoms with Crippen molar-refractivity contribution < 1.29 is 4.79 Å². The van der Waals surface area contributed by atoms with E-state index >= 15 is 0 Å². The second-order valence-electron chi connectivity index (χ2n) is 7.01. The topological polar surface area (TPSA) is 63.9 Å². The molecule has 0 radical (unpaired) electrons. The first-order valence-electron chi connectivity index (χ1n) is 9.12. The Morgan fingerprint density at radius 1 is 1.15 bits per heavy atom. The fraction of sp³-hybridized carbons (Fsp3) is 0.238. The Hall–Kier alpha value is -3.28. The lowest BCUT2D eigenvalue weighted by Gasteiger charge is -2.17. The number of hydrogen-bond donors (Lipinski definition) is 0. The lowest BCUT2D eigenvalue weighted by atomic mass is 10.1. The summed E-state index contributed by atoms with van der Waals surface area (Å²) >= 11 is 0. The molecule has 1 aliphatic rings. The number of imidazole rings is 1. The van der Waals surface area contributed by atoms with Crippen LogP contribution in [0.2, 0.25) is 0 Å². The molecule has 5 rings (SSSR count). The molecule has 134 valence electrons. The molecule has 1 aliphatic heterocycles. The van der Waals surface area contributed by atoms with Gasteiger partial charge in [0, 0.05) is 43.8 Å². The fourth-order valence-electron chi connectivity index (χ4n) is 4.01. The first-order chi connectivity index (χ1) is 13.2. The smallest absolute Gasteiger partial charge is 0.273 e. The van der Waals surface area contributed by atoms with E-state index in [0.717, 1.165) is 40.6 Å². The Morgan fingerprint density at radius 2 is 2.04 bits per heavy atom. The molecule has 4 heterocycles. The summed E-state index contributed by atoms with van der Waals surface area (Å²) < 4.78 is 2.09. The molecule has 0 spiro atoms. The number of amides is 1. The van der Waals surface area contributed by atoms with Crippen molar-refractivity contribution in [2.24, 2.45) is 7.05 Å². The van der Waals surface area contributed by atoms with Gasteiger partial charge in [0.05, 0.1) is 17.2 Å². The number of nitrogens with zero attached hydrogens (tertiary/aromatic N) is 5. The van der Waals surface area contributed by atoms with Gasteiger partial charge in [0.1, 0.15) is 11.5 Å². The summed E-state index contributed by atoms with van der Waals surface area (Å²) in [6.07, 6.45) is 6.21. The van der Waals surface area contributed by atoms with Gasteiger partial charge in [0.25, 0.3) is 5.91 Å². The first-order valence-corrected chi connectivity index (χ1v) is 9.12. The van der Waals surface area contributed by atoms with Crippen molar-refractivity contribution >= 4 is 27.7 Å². The van der Waals surface area contributed by atoms with Gasteiger partial charge in [-0.25, -0.2) is 4.98 Å². The number of benzene rings is 1. The molecule has 1 unspecified atom stereocenters. The average Bonchev–Trinajstić information content (AvgIpc) is 3.32. The number of aryl methyl sites for hydroxylation is 1. The Bertz CT molecular complexity index is 1160. The molecule has 27 heavy (non-hydrogen) atoms. The van der Waals surface area contributed by atoms with E-state index in [1.165, 1.54) is 0 Å². The summed E-state index contributed by atoms with van der Waals surface area (Å²) in [7, 11) is 2.02. The highest BCUT2D eigenvalue weighted by Gasteiger charge is 2.32. The van der Waals surface area contributed by atoms with Crippen molar-refractivity contribution in [3.05, 3.63) is 66.5 Å². The molecule has 4 aromatic rings. The number of hydrogen-bond acceptors (Lipinski definition) is 4. The van der Waals surface area contributed by atoms with Crippen LogP contribution in [0.5, 0.6) is 0 Å². The summed E-state index contributed by atoms with van der Waals surface area (Å²) in [5.74, 6) is 1.23. The van der Waals surface area contributed by atoms with Gasteiger partial charge in [0.2, 0.25) is 0 Å². The third-order valence-electron chi connectivity index (χ3n) is 5.43. The highest BCUT2D eigenvalue weighted by Crippen LogP contribution is 2.30. The van der Waals surface area contributed by atoms with Crippen LogP contribution in [0, 0.1) is 0 Å². The number of fused-ring (bicyclic) bond motifs is 2. The van der Waals surface area contributed by atoms with Crippen LogP contribution >= 0.6 is 0 Å².